The van der Waals surface area contributed by atoms with Crippen molar-refractivity contribution in [1.82, 2.24) is 39.8 Å². The number of carbonyl (C=O) groups excluding carboxylic acids is 1. The molecule has 0 saturated carbocycles. The first-order valence-corrected chi connectivity index (χ1v) is 9.36. The molecule has 11 heteroatoms. The number of oxazole rings is 1. The van der Waals surface area contributed by atoms with Crippen LogP contribution in [-0.4, -0.2) is 59.4 Å². The molecule has 0 radical (unpaired) electrons. The average molecular weight is 406 g/mol. The Labute approximate surface area is 170 Å². The number of aromatic nitrogens is 7. The second kappa shape index (κ2) is 7.52. The Morgan fingerprint density at radius 2 is 2.00 bits per heavy atom. The van der Waals surface area contributed by atoms with Crippen LogP contribution in [0.5, 0.6) is 0 Å². The number of methoxy groups -OCH3 is 1. The molecule has 1 aliphatic rings. The number of benzene rings is 1. The number of ether oxygens (including phenoxy) is 1. The summed E-state index contributed by atoms with van der Waals surface area (Å²) in [7, 11) is 1.62. The zero-order valence-electron chi connectivity index (χ0n) is 16.1. The van der Waals surface area contributed by atoms with Gasteiger partial charge in [0.25, 0.3) is 11.9 Å². The SMILES string of the molecule is COC(c1ccccc1)c1nc2c(o1)CCN(C(=O)c1nc(-n3cnnc3)n[nH]1)C2. The van der Waals surface area contributed by atoms with Crippen LogP contribution < -0.4 is 0 Å². The molecule has 1 aliphatic heterocycles. The van der Waals surface area contributed by atoms with Crippen LogP contribution in [0.1, 0.15) is 39.6 Å². The van der Waals surface area contributed by atoms with Gasteiger partial charge in [-0.1, -0.05) is 30.3 Å². The third-order valence-electron chi connectivity index (χ3n) is 4.92. The van der Waals surface area contributed by atoms with E-state index in [4.69, 9.17) is 9.15 Å². The van der Waals surface area contributed by atoms with Gasteiger partial charge >= 0.3 is 0 Å². The largest absolute Gasteiger partial charge is 0.442 e. The van der Waals surface area contributed by atoms with Crippen molar-refractivity contribution < 1.29 is 13.9 Å². The zero-order chi connectivity index (χ0) is 20.5. The standard InChI is InChI=1S/C19H18N8O3/c1-29-15(12-5-3-2-4-6-12)17-22-13-9-26(8-7-14(13)30-17)18(28)16-23-19(25-24-16)27-10-20-21-11-27/h2-6,10-11,15H,7-9H2,1H3,(H,23,24,25). The number of nitrogens with zero attached hydrogens (tertiary/aromatic N) is 7. The van der Waals surface area contributed by atoms with Crippen molar-refractivity contribution in [3.05, 3.63) is 71.7 Å². The molecular weight excluding hydrogens is 388 g/mol. The van der Waals surface area contributed by atoms with Gasteiger partial charge in [0.1, 0.15) is 24.1 Å². The molecule has 1 atom stereocenters. The molecule has 5 rings (SSSR count). The van der Waals surface area contributed by atoms with E-state index in [0.29, 0.717) is 31.3 Å². The van der Waals surface area contributed by atoms with Crippen molar-refractivity contribution >= 4 is 5.91 Å². The molecule has 0 spiro atoms. The van der Waals surface area contributed by atoms with Crippen LogP contribution in [0.2, 0.25) is 0 Å². The first kappa shape index (κ1) is 18.2. The van der Waals surface area contributed by atoms with E-state index in [-0.39, 0.29) is 11.7 Å². The molecular formula is C19H18N8O3. The summed E-state index contributed by atoms with van der Waals surface area (Å²) in [5.41, 5.74) is 1.68. The summed E-state index contributed by atoms with van der Waals surface area (Å²) >= 11 is 0. The lowest BCUT2D eigenvalue weighted by molar-refractivity contribution is 0.0715. The van der Waals surface area contributed by atoms with Crippen molar-refractivity contribution in [1.29, 1.82) is 0 Å². The predicted octanol–water partition coefficient (Wildman–Crippen LogP) is 1.31. The van der Waals surface area contributed by atoms with Gasteiger partial charge in [0.2, 0.25) is 11.7 Å². The van der Waals surface area contributed by atoms with Gasteiger partial charge in [0.15, 0.2) is 6.10 Å². The van der Waals surface area contributed by atoms with Crippen LogP contribution in [0.4, 0.5) is 0 Å². The van der Waals surface area contributed by atoms with E-state index in [1.807, 2.05) is 30.3 Å². The number of carbonyl (C=O) groups is 1. The summed E-state index contributed by atoms with van der Waals surface area (Å²) in [6.45, 7) is 0.817. The fourth-order valence-electron chi connectivity index (χ4n) is 3.43. The number of hydrogen-bond donors (Lipinski definition) is 1. The maximum Gasteiger partial charge on any atom is 0.291 e. The highest BCUT2D eigenvalue weighted by Crippen LogP contribution is 2.29. The molecule has 1 amide bonds. The molecule has 30 heavy (non-hydrogen) atoms. The van der Waals surface area contributed by atoms with Crippen molar-refractivity contribution in [2.45, 2.75) is 19.1 Å². The smallest absolute Gasteiger partial charge is 0.291 e. The Kier molecular flexibility index (Phi) is 4.56. The van der Waals surface area contributed by atoms with Crippen molar-refractivity contribution in [3.8, 4) is 5.95 Å². The van der Waals surface area contributed by atoms with E-state index < -0.39 is 6.10 Å². The predicted molar refractivity (Wildman–Crippen MR) is 102 cm³/mol. The van der Waals surface area contributed by atoms with Crippen LogP contribution in [0.15, 0.2) is 47.4 Å². The molecule has 0 saturated heterocycles. The Bertz CT molecular complexity index is 1150. The molecule has 4 aromatic rings. The van der Waals surface area contributed by atoms with Crippen LogP contribution >= 0.6 is 0 Å². The molecule has 11 nitrogen and oxygen atoms in total. The lowest BCUT2D eigenvalue weighted by Gasteiger charge is -2.24. The number of rotatable bonds is 5. The van der Waals surface area contributed by atoms with Gasteiger partial charge in [0, 0.05) is 20.1 Å². The van der Waals surface area contributed by atoms with Crippen LogP contribution in [0.3, 0.4) is 0 Å². The van der Waals surface area contributed by atoms with E-state index in [0.717, 1.165) is 17.0 Å². The van der Waals surface area contributed by atoms with Crippen molar-refractivity contribution in [3.63, 3.8) is 0 Å². The summed E-state index contributed by atoms with van der Waals surface area (Å²) in [4.78, 5) is 23.4. The van der Waals surface area contributed by atoms with Gasteiger partial charge < -0.3 is 14.1 Å². The number of fused-ring (bicyclic) bond motifs is 1. The lowest BCUT2D eigenvalue weighted by Crippen LogP contribution is -2.36. The minimum atomic E-state index is -0.401. The van der Waals surface area contributed by atoms with Gasteiger partial charge in [-0.3, -0.25) is 14.5 Å². The van der Waals surface area contributed by atoms with Gasteiger partial charge in [0.05, 0.1) is 6.54 Å². The zero-order valence-corrected chi connectivity index (χ0v) is 16.1. The highest BCUT2D eigenvalue weighted by molar-refractivity contribution is 5.90. The Balaban J connectivity index is 1.35. The fourth-order valence-corrected chi connectivity index (χ4v) is 3.43. The average Bonchev–Trinajstić information content (AvgIpc) is 3.54. The van der Waals surface area contributed by atoms with Crippen LogP contribution in [0, 0.1) is 0 Å². The first-order chi connectivity index (χ1) is 14.7. The minimum Gasteiger partial charge on any atom is -0.442 e. The number of H-pyrrole nitrogens is 1. The molecule has 3 aromatic heterocycles. The molecule has 4 heterocycles. The van der Waals surface area contributed by atoms with Crippen LogP contribution in [0.25, 0.3) is 5.95 Å². The van der Waals surface area contributed by atoms with Crippen molar-refractivity contribution in [2.75, 3.05) is 13.7 Å². The maximum absolute atomic E-state index is 12.9. The summed E-state index contributed by atoms with van der Waals surface area (Å²) in [6, 6.07) is 9.75. The Hall–Kier alpha value is -3.86. The van der Waals surface area contributed by atoms with Gasteiger partial charge in [-0.15, -0.1) is 15.3 Å². The Morgan fingerprint density at radius 3 is 2.77 bits per heavy atom. The fraction of sp³-hybridized carbons (Fsp3) is 0.263. The number of aromatic amines is 1. The second-order valence-electron chi connectivity index (χ2n) is 6.78. The van der Waals surface area contributed by atoms with E-state index >= 15 is 0 Å². The monoisotopic (exact) mass is 406 g/mol. The molecule has 152 valence electrons. The van der Waals surface area contributed by atoms with Crippen LogP contribution in [-0.2, 0) is 17.7 Å². The third-order valence-corrected chi connectivity index (χ3v) is 4.92. The third kappa shape index (κ3) is 3.24. The number of nitrogens with one attached hydrogen (secondary N) is 1. The normalized spacial score (nSPS) is 14.5. The summed E-state index contributed by atoms with van der Waals surface area (Å²) in [5.74, 6) is 1.44. The summed E-state index contributed by atoms with van der Waals surface area (Å²) in [6.07, 6.45) is 3.08. The summed E-state index contributed by atoms with van der Waals surface area (Å²) < 4.78 is 13.1. The van der Waals surface area contributed by atoms with Gasteiger partial charge in [-0.05, 0) is 5.56 Å². The van der Waals surface area contributed by atoms with Gasteiger partial charge in [-0.2, -0.15) is 4.98 Å². The topological polar surface area (TPSA) is 128 Å². The quantitative estimate of drug-likeness (QED) is 0.525. The van der Waals surface area contributed by atoms with E-state index in [1.165, 1.54) is 17.2 Å². The van der Waals surface area contributed by atoms with E-state index in [2.05, 4.69) is 30.4 Å². The summed E-state index contributed by atoms with van der Waals surface area (Å²) in [5, 5.41) is 14.1. The minimum absolute atomic E-state index is 0.143. The molecule has 1 aromatic carbocycles. The maximum atomic E-state index is 12.9. The molecule has 0 fully saturated rings. The Morgan fingerprint density at radius 1 is 1.20 bits per heavy atom. The van der Waals surface area contributed by atoms with E-state index in [1.54, 1.807) is 12.0 Å². The number of amides is 1. The molecule has 1 unspecified atom stereocenters. The van der Waals surface area contributed by atoms with E-state index in [9.17, 15) is 4.79 Å². The molecule has 0 aliphatic carbocycles. The molecule has 0 bridgehead atoms. The number of hydrogen-bond acceptors (Lipinski definition) is 8. The molecule has 1 N–H and O–H groups in total. The van der Waals surface area contributed by atoms with Gasteiger partial charge in [-0.25, -0.2) is 4.98 Å². The van der Waals surface area contributed by atoms with Crippen molar-refractivity contribution in [2.24, 2.45) is 0 Å². The highest BCUT2D eigenvalue weighted by atomic mass is 16.5. The second-order valence-corrected chi connectivity index (χ2v) is 6.78. The first-order valence-electron chi connectivity index (χ1n) is 9.36. The highest BCUT2D eigenvalue weighted by Gasteiger charge is 2.30. The lowest BCUT2D eigenvalue weighted by atomic mass is 10.1.